The molecule has 0 saturated carbocycles. The maximum Gasteiger partial charge on any atom is 0.321 e. The minimum absolute atomic E-state index is 0.130. The Labute approximate surface area is 155 Å². The van der Waals surface area contributed by atoms with Crippen LogP contribution in [0.4, 0.5) is 16.2 Å². The maximum absolute atomic E-state index is 12.6. The zero-order valence-corrected chi connectivity index (χ0v) is 15.6. The van der Waals surface area contributed by atoms with Crippen LogP contribution in [0.5, 0.6) is 5.75 Å². The summed E-state index contributed by atoms with van der Waals surface area (Å²) in [4.78, 5) is 16.7. The van der Waals surface area contributed by atoms with E-state index in [0.29, 0.717) is 13.2 Å². The number of nitrogens with one attached hydrogen (secondary N) is 1. The fraction of sp³-hybridized carbons (Fsp3) is 0.381. The van der Waals surface area contributed by atoms with Crippen LogP contribution in [0.1, 0.15) is 25.3 Å². The standard InChI is InChI=1S/C21H27N3O2/c1-3-26-19-11-8-10-18(15-19)22-21(25)23(2)16-17-9-4-5-12-20(17)24-13-6-7-14-24/h4-5,8-12,15H,3,6-7,13-14,16H2,1-2H3,(H,22,25). The van der Waals surface area contributed by atoms with Gasteiger partial charge in [-0.2, -0.15) is 0 Å². The van der Waals surface area contributed by atoms with E-state index in [2.05, 4.69) is 28.4 Å². The normalized spacial score (nSPS) is 13.5. The van der Waals surface area contributed by atoms with Crippen molar-refractivity contribution >= 4 is 17.4 Å². The molecule has 3 rings (SSSR count). The van der Waals surface area contributed by atoms with Gasteiger partial charge in [-0.15, -0.1) is 0 Å². The molecule has 1 aliphatic rings. The monoisotopic (exact) mass is 353 g/mol. The quantitative estimate of drug-likeness (QED) is 0.840. The topological polar surface area (TPSA) is 44.8 Å². The Hall–Kier alpha value is -2.69. The number of amides is 2. The summed E-state index contributed by atoms with van der Waals surface area (Å²) in [5.41, 5.74) is 3.15. The molecular formula is C21H27N3O2. The molecule has 0 bridgehead atoms. The second kappa shape index (κ2) is 8.61. The van der Waals surface area contributed by atoms with Crippen molar-refractivity contribution in [1.29, 1.82) is 0 Å². The highest BCUT2D eigenvalue weighted by molar-refractivity contribution is 5.89. The van der Waals surface area contributed by atoms with Gasteiger partial charge >= 0.3 is 6.03 Å². The molecule has 138 valence electrons. The second-order valence-corrected chi connectivity index (χ2v) is 6.57. The summed E-state index contributed by atoms with van der Waals surface area (Å²) in [6.07, 6.45) is 2.47. The molecule has 0 aromatic heterocycles. The first-order chi connectivity index (χ1) is 12.7. The lowest BCUT2D eigenvalue weighted by Crippen LogP contribution is -2.31. The number of rotatable bonds is 6. The highest BCUT2D eigenvalue weighted by Crippen LogP contribution is 2.25. The van der Waals surface area contributed by atoms with Gasteiger partial charge in [0.15, 0.2) is 0 Å². The van der Waals surface area contributed by atoms with Crippen LogP contribution in [0.2, 0.25) is 0 Å². The summed E-state index contributed by atoms with van der Waals surface area (Å²) < 4.78 is 5.49. The molecule has 2 aromatic rings. The summed E-state index contributed by atoms with van der Waals surface area (Å²) in [5, 5.41) is 2.94. The predicted molar refractivity (Wildman–Crippen MR) is 106 cm³/mol. The van der Waals surface area contributed by atoms with Crippen LogP contribution < -0.4 is 15.0 Å². The van der Waals surface area contributed by atoms with Crippen molar-refractivity contribution in [2.24, 2.45) is 0 Å². The summed E-state index contributed by atoms with van der Waals surface area (Å²) in [6, 6.07) is 15.7. The minimum Gasteiger partial charge on any atom is -0.494 e. The first kappa shape index (κ1) is 18.1. The van der Waals surface area contributed by atoms with Crippen molar-refractivity contribution in [3.8, 4) is 5.75 Å². The lowest BCUT2D eigenvalue weighted by Gasteiger charge is -2.24. The smallest absolute Gasteiger partial charge is 0.321 e. The average Bonchev–Trinajstić information content (AvgIpc) is 3.17. The van der Waals surface area contributed by atoms with E-state index in [9.17, 15) is 4.79 Å². The van der Waals surface area contributed by atoms with Gasteiger partial charge in [0.25, 0.3) is 0 Å². The van der Waals surface area contributed by atoms with Gasteiger partial charge in [-0.05, 0) is 43.5 Å². The molecule has 0 atom stereocenters. The SMILES string of the molecule is CCOc1cccc(NC(=O)N(C)Cc2ccccc2N2CCCC2)c1. The van der Waals surface area contributed by atoms with E-state index >= 15 is 0 Å². The fourth-order valence-electron chi connectivity index (χ4n) is 3.29. The van der Waals surface area contributed by atoms with Crippen molar-refractivity contribution in [2.45, 2.75) is 26.3 Å². The largest absolute Gasteiger partial charge is 0.494 e. The number of carbonyl (C=O) groups excluding carboxylic acids is 1. The molecule has 1 fully saturated rings. The zero-order chi connectivity index (χ0) is 18.4. The number of nitrogens with zero attached hydrogens (tertiary/aromatic N) is 2. The number of para-hydroxylation sites is 1. The van der Waals surface area contributed by atoms with Gasteiger partial charge < -0.3 is 19.9 Å². The molecule has 1 saturated heterocycles. The van der Waals surface area contributed by atoms with Crippen LogP contribution in [-0.4, -0.2) is 37.7 Å². The van der Waals surface area contributed by atoms with Gasteiger partial charge in [-0.3, -0.25) is 0 Å². The summed E-state index contributed by atoms with van der Waals surface area (Å²) in [6.45, 7) is 5.30. The van der Waals surface area contributed by atoms with Crippen molar-refractivity contribution < 1.29 is 9.53 Å². The van der Waals surface area contributed by atoms with Crippen molar-refractivity contribution in [3.05, 3.63) is 54.1 Å². The summed E-state index contributed by atoms with van der Waals surface area (Å²) in [7, 11) is 1.82. The Morgan fingerprint density at radius 3 is 2.69 bits per heavy atom. The van der Waals surface area contributed by atoms with Gasteiger partial charge in [-0.25, -0.2) is 4.79 Å². The van der Waals surface area contributed by atoms with E-state index in [-0.39, 0.29) is 6.03 Å². The first-order valence-electron chi connectivity index (χ1n) is 9.25. The van der Waals surface area contributed by atoms with Crippen LogP contribution in [-0.2, 0) is 6.54 Å². The number of anilines is 2. The van der Waals surface area contributed by atoms with Gasteiger partial charge in [0.2, 0.25) is 0 Å². The third kappa shape index (κ3) is 4.48. The van der Waals surface area contributed by atoms with Crippen molar-refractivity contribution in [2.75, 3.05) is 37.0 Å². The van der Waals surface area contributed by atoms with E-state index in [1.54, 1.807) is 4.90 Å². The maximum atomic E-state index is 12.6. The van der Waals surface area contributed by atoms with E-state index in [0.717, 1.165) is 24.5 Å². The molecule has 0 spiro atoms. The van der Waals surface area contributed by atoms with E-state index in [4.69, 9.17) is 4.74 Å². The summed E-state index contributed by atoms with van der Waals surface area (Å²) >= 11 is 0. The van der Waals surface area contributed by atoms with Gasteiger partial charge in [0, 0.05) is 44.1 Å². The molecule has 1 aliphatic heterocycles. The number of carbonyl (C=O) groups is 1. The summed E-state index contributed by atoms with van der Waals surface area (Å²) in [5.74, 6) is 0.757. The Morgan fingerprint density at radius 2 is 1.92 bits per heavy atom. The van der Waals surface area contributed by atoms with Crippen molar-refractivity contribution in [1.82, 2.24) is 4.90 Å². The minimum atomic E-state index is -0.130. The molecule has 0 radical (unpaired) electrons. The third-order valence-corrected chi connectivity index (χ3v) is 4.59. The number of benzene rings is 2. The molecule has 1 heterocycles. The molecule has 2 amide bonds. The molecule has 1 N–H and O–H groups in total. The van der Waals surface area contributed by atoms with E-state index in [1.165, 1.54) is 24.1 Å². The molecule has 5 nitrogen and oxygen atoms in total. The van der Waals surface area contributed by atoms with Gasteiger partial charge in [0.1, 0.15) is 5.75 Å². The molecule has 0 unspecified atom stereocenters. The Morgan fingerprint density at radius 1 is 1.15 bits per heavy atom. The molecule has 2 aromatic carbocycles. The molecule has 5 heteroatoms. The second-order valence-electron chi connectivity index (χ2n) is 6.57. The van der Waals surface area contributed by atoms with Crippen LogP contribution in [0.25, 0.3) is 0 Å². The Kier molecular flexibility index (Phi) is 6.00. The lowest BCUT2D eigenvalue weighted by molar-refractivity contribution is 0.220. The van der Waals surface area contributed by atoms with Crippen LogP contribution in [0, 0.1) is 0 Å². The lowest BCUT2D eigenvalue weighted by atomic mass is 10.1. The highest BCUT2D eigenvalue weighted by atomic mass is 16.5. The predicted octanol–water partition coefficient (Wildman–Crippen LogP) is 4.35. The number of ether oxygens (including phenoxy) is 1. The number of hydrogen-bond donors (Lipinski definition) is 1. The van der Waals surface area contributed by atoms with Crippen LogP contribution >= 0.6 is 0 Å². The van der Waals surface area contributed by atoms with Crippen LogP contribution in [0.15, 0.2) is 48.5 Å². The number of hydrogen-bond acceptors (Lipinski definition) is 3. The van der Waals surface area contributed by atoms with Gasteiger partial charge in [0.05, 0.1) is 6.61 Å². The van der Waals surface area contributed by atoms with Crippen molar-refractivity contribution in [3.63, 3.8) is 0 Å². The molecule has 0 aliphatic carbocycles. The Balaban J connectivity index is 1.65. The third-order valence-electron chi connectivity index (χ3n) is 4.59. The van der Waals surface area contributed by atoms with E-state index in [1.807, 2.05) is 44.3 Å². The number of urea groups is 1. The highest BCUT2D eigenvalue weighted by Gasteiger charge is 2.17. The zero-order valence-electron chi connectivity index (χ0n) is 15.6. The first-order valence-corrected chi connectivity index (χ1v) is 9.25. The van der Waals surface area contributed by atoms with Gasteiger partial charge in [-0.1, -0.05) is 24.3 Å². The molecule has 26 heavy (non-hydrogen) atoms. The Bertz CT molecular complexity index is 742. The molecular weight excluding hydrogens is 326 g/mol. The van der Waals surface area contributed by atoms with E-state index < -0.39 is 0 Å². The fourth-order valence-corrected chi connectivity index (χ4v) is 3.29. The van der Waals surface area contributed by atoms with Crippen LogP contribution in [0.3, 0.4) is 0 Å². The average molecular weight is 353 g/mol.